The number of para-hydroxylation sites is 1. The summed E-state index contributed by atoms with van der Waals surface area (Å²) in [5.74, 6) is 0.255. The Kier molecular flexibility index (Phi) is 4.34. The number of benzene rings is 1. The molecule has 0 saturated heterocycles. The molecule has 0 spiro atoms. The number of halogens is 4. The molecule has 2 aromatic rings. The number of nitriles is 1. The highest BCUT2D eigenvalue weighted by molar-refractivity contribution is 6.17. The van der Waals surface area contributed by atoms with Gasteiger partial charge in [0.1, 0.15) is 6.07 Å². The fraction of sp³-hybridized carbons (Fsp3) is 0.143. The van der Waals surface area contributed by atoms with Crippen LogP contribution in [0.3, 0.4) is 0 Å². The lowest BCUT2D eigenvalue weighted by atomic mass is 10.1. The molecule has 1 aromatic carbocycles. The van der Waals surface area contributed by atoms with E-state index >= 15 is 0 Å². The maximum atomic E-state index is 12.4. The zero-order valence-electron chi connectivity index (χ0n) is 10.5. The Labute approximate surface area is 123 Å². The highest BCUT2D eigenvalue weighted by Crippen LogP contribution is 2.32. The third-order valence-electron chi connectivity index (χ3n) is 2.63. The molecule has 0 atom stereocenters. The molecule has 2 rings (SSSR count). The normalized spacial score (nSPS) is 11.0. The van der Waals surface area contributed by atoms with E-state index < -0.39 is 11.7 Å². The minimum atomic E-state index is -4.46. The quantitative estimate of drug-likeness (QED) is 0.784. The number of hydrogen-bond donors (Lipinski definition) is 0. The fourth-order valence-electron chi connectivity index (χ4n) is 1.61. The lowest BCUT2D eigenvalue weighted by Gasteiger charge is -2.11. The van der Waals surface area contributed by atoms with Crippen molar-refractivity contribution in [1.29, 1.82) is 5.26 Å². The van der Waals surface area contributed by atoms with Crippen molar-refractivity contribution in [1.82, 2.24) is 4.98 Å². The van der Waals surface area contributed by atoms with Crippen molar-refractivity contribution >= 4 is 11.6 Å². The molecule has 0 aliphatic carbocycles. The molecule has 0 aliphatic rings. The molecule has 21 heavy (non-hydrogen) atoms. The van der Waals surface area contributed by atoms with Crippen molar-refractivity contribution < 1.29 is 17.9 Å². The average Bonchev–Trinajstić information content (AvgIpc) is 2.47. The van der Waals surface area contributed by atoms with Gasteiger partial charge in [-0.05, 0) is 12.1 Å². The van der Waals surface area contributed by atoms with E-state index in [4.69, 9.17) is 21.6 Å². The summed E-state index contributed by atoms with van der Waals surface area (Å²) >= 11 is 5.75. The van der Waals surface area contributed by atoms with Gasteiger partial charge in [-0.2, -0.15) is 18.4 Å². The SMILES string of the molecule is N#Cc1cccc(CCl)c1Oc1ccc(C(F)(F)F)cn1. The summed E-state index contributed by atoms with van der Waals surface area (Å²) in [6.07, 6.45) is -3.79. The Bertz CT molecular complexity index is 678. The van der Waals surface area contributed by atoms with Crippen molar-refractivity contribution in [2.24, 2.45) is 0 Å². The molecule has 0 aliphatic heterocycles. The molecule has 0 amide bonds. The largest absolute Gasteiger partial charge is 0.437 e. The summed E-state index contributed by atoms with van der Waals surface area (Å²) < 4.78 is 42.7. The van der Waals surface area contributed by atoms with E-state index in [1.165, 1.54) is 6.07 Å². The molecule has 0 radical (unpaired) electrons. The summed E-state index contributed by atoms with van der Waals surface area (Å²) in [6.45, 7) is 0. The van der Waals surface area contributed by atoms with Crippen LogP contribution in [0.25, 0.3) is 0 Å². The van der Waals surface area contributed by atoms with Crippen molar-refractivity contribution in [2.75, 3.05) is 0 Å². The molecule has 0 N–H and O–H groups in total. The first-order valence-corrected chi connectivity index (χ1v) is 6.28. The second kappa shape index (κ2) is 6.02. The highest BCUT2D eigenvalue weighted by atomic mass is 35.5. The number of rotatable bonds is 3. The molecule has 0 saturated carbocycles. The minimum Gasteiger partial charge on any atom is -0.437 e. The Balaban J connectivity index is 2.33. The molecule has 108 valence electrons. The van der Waals surface area contributed by atoms with E-state index in [2.05, 4.69) is 4.98 Å². The van der Waals surface area contributed by atoms with Crippen LogP contribution in [0.1, 0.15) is 16.7 Å². The van der Waals surface area contributed by atoms with Crippen LogP contribution in [0.2, 0.25) is 0 Å². The van der Waals surface area contributed by atoms with E-state index in [9.17, 15) is 13.2 Å². The molecule has 1 aromatic heterocycles. The number of aromatic nitrogens is 1. The first-order valence-electron chi connectivity index (χ1n) is 5.74. The first-order chi connectivity index (χ1) is 9.95. The third-order valence-corrected chi connectivity index (χ3v) is 2.92. The Hall–Kier alpha value is -2.26. The molecule has 0 fully saturated rings. The van der Waals surface area contributed by atoms with E-state index in [-0.39, 0.29) is 23.1 Å². The van der Waals surface area contributed by atoms with Gasteiger partial charge in [-0.3, -0.25) is 0 Å². The van der Waals surface area contributed by atoms with Gasteiger partial charge in [0, 0.05) is 17.8 Å². The summed E-state index contributed by atoms with van der Waals surface area (Å²) in [7, 11) is 0. The van der Waals surface area contributed by atoms with Crippen LogP contribution in [0.5, 0.6) is 11.6 Å². The zero-order valence-corrected chi connectivity index (χ0v) is 11.2. The molecule has 1 heterocycles. The van der Waals surface area contributed by atoms with Crippen LogP contribution >= 0.6 is 11.6 Å². The van der Waals surface area contributed by atoms with Crippen LogP contribution in [0.4, 0.5) is 13.2 Å². The van der Waals surface area contributed by atoms with Crippen LogP contribution in [0.15, 0.2) is 36.5 Å². The standard InChI is InChI=1S/C14H8ClF3N2O/c15-6-9-2-1-3-10(7-19)13(9)21-12-5-4-11(8-20-12)14(16,17)18/h1-5,8H,6H2. The van der Waals surface area contributed by atoms with Gasteiger partial charge in [-0.25, -0.2) is 4.98 Å². The molecule has 0 bridgehead atoms. The predicted octanol–water partition coefficient (Wildman–Crippen LogP) is 4.50. The van der Waals surface area contributed by atoms with Crippen molar-refractivity contribution in [2.45, 2.75) is 12.1 Å². The molecule has 7 heteroatoms. The Morgan fingerprint density at radius 1 is 1.24 bits per heavy atom. The fourth-order valence-corrected chi connectivity index (χ4v) is 1.82. The lowest BCUT2D eigenvalue weighted by molar-refractivity contribution is -0.137. The highest BCUT2D eigenvalue weighted by Gasteiger charge is 2.30. The molecule has 0 unspecified atom stereocenters. The number of pyridine rings is 1. The van der Waals surface area contributed by atoms with Gasteiger partial charge in [0.2, 0.25) is 5.88 Å². The number of alkyl halides is 4. The van der Waals surface area contributed by atoms with E-state index in [1.807, 2.05) is 6.07 Å². The van der Waals surface area contributed by atoms with Crippen molar-refractivity contribution in [3.05, 3.63) is 53.2 Å². The molecular weight excluding hydrogens is 305 g/mol. The summed E-state index contributed by atoms with van der Waals surface area (Å²) in [4.78, 5) is 3.60. The number of hydrogen-bond acceptors (Lipinski definition) is 3. The van der Waals surface area contributed by atoms with Gasteiger partial charge in [-0.1, -0.05) is 12.1 Å². The Morgan fingerprint density at radius 2 is 2.00 bits per heavy atom. The average molecular weight is 313 g/mol. The predicted molar refractivity (Wildman–Crippen MR) is 70.0 cm³/mol. The van der Waals surface area contributed by atoms with Gasteiger partial charge in [0.05, 0.1) is 17.0 Å². The minimum absolute atomic E-state index is 0.0444. The maximum Gasteiger partial charge on any atom is 0.417 e. The third kappa shape index (κ3) is 3.44. The monoisotopic (exact) mass is 312 g/mol. The number of nitrogens with zero attached hydrogens (tertiary/aromatic N) is 2. The van der Waals surface area contributed by atoms with Crippen LogP contribution < -0.4 is 4.74 Å². The van der Waals surface area contributed by atoms with E-state index in [1.54, 1.807) is 12.1 Å². The van der Waals surface area contributed by atoms with Gasteiger partial charge < -0.3 is 4.74 Å². The van der Waals surface area contributed by atoms with Crippen molar-refractivity contribution in [3.8, 4) is 17.7 Å². The second-order valence-corrected chi connectivity index (χ2v) is 4.29. The lowest BCUT2D eigenvalue weighted by Crippen LogP contribution is -2.05. The summed E-state index contributed by atoms with van der Waals surface area (Å²) in [5.41, 5.74) is -0.0896. The Morgan fingerprint density at radius 3 is 2.52 bits per heavy atom. The van der Waals surface area contributed by atoms with E-state index in [0.717, 1.165) is 12.1 Å². The molecular formula is C14H8ClF3N2O. The smallest absolute Gasteiger partial charge is 0.417 e. The van der Waals surface area contributed by atoms with Crippen molar-refractivity contribution in [3.63, 3.8) is 0 Å². The van der Waals surface area contributed by atoms with Gasteiger partial charge in [0.25, 0.3) is 0 Å². The number of ether oxygens (including phenoxy) is 1. The summed E-state index contributed by atoms with van der Waals surface area (Å²) in [5, 5.41) is 9.02. The first kappa shape index (κ1) is 15.1. The topological polar surface area (TPSA) is 45.9 Å². The van der Waals surface area contributed by atoms with Gasteiger partial charge in [-0.15, -0.1) is 11.6 Å². The zero-order chi connectivity index (χ0) is 15.5. The second-order valence-electron chi connectivity index (χ2n) is 4.02. The van der Waals surface area contributed by atoms with E-state index in [0.29, 0.717) is 11.8 Å². The summed E-state index contributed by atoms with van der Waals surface area (Å²) in [6, 6.07) is 8.71. The van der Waals surface area contributed by atoms with Crippen LogP contribution in [-0.4, -0.2) is 4.98 Å². The van der Waals surface area contributed by atoms with Gasteiger partial charge in [0.15, 0.2) is 5.75 Å². The van der Waals surface area contributed by atoms with Crippen LogP contribution in [-0.2, 0) is 12.1 Å². The maximum absolute atomic E-state index is 12.4. The van der Waals surface area contributed by atoms with Gasteiger partial charge >= 0.3 is 6.18 Å². The molecule has 3 nitrogen and oxygen atoms in total. The van der Waals surface area contributed by atoms with Crippen LogP contribution in [0, 0.1) is 11.3 Å².